The van der Waals surface area contributed by atoms with Crippen molar-refractivity contribution in [2.24, 2.45) is 5.92 Å². The fourth-order valence-corrected chi connectivity index (χ4v) is 2.84. The molecule has 2 atom stereocenters. The standard InChI is InChI=1S/C16H34O3Si/c1-13(2)10-15(18)11-14(12-17)8-9-19-20(6,7)16(3,4)5/h10,14-15,17-18H,8-9,11-12H2,1-7H3/t14?,15-/m0/s1. The maximum Gasteiger partial charge on any atom is 0.191 e. The van der Waals surface area contributed by atoms with Crippen LogP contribution >= 0.6 is 0 Å². The minimum atomic E-state index is -1.71. The van der Waals surface area contributed by atoms with E-state index in [1.807, 2.05) is 19.9 Å². The minimum absolute atomic E-state index is 0.102. The van der Waals surface area contributed by atoms with E-state index in [4.69, 9.17) is 4.43 Å². The molecule has 2 N–H and O–H groups in total. The van der Waals surface area contributed by atoms with Crippen molar-refractivity contribution in [2.45, 2.75) is 71.7 Å². The van der Waals surface area contributed by atoms with E-state index < -0.39 is 14.4 Å². The van der Waals surface area contributed by atoms with E-state index in [-0.39, 0.29) is 17.6 Å². The lowest BCUT2D eigenvalue weighted by atomic mass is 9.98. The first-order valence-corrected chi connectivity index (χ1v) is 10.5. The molecule has 0 aliphatic carbocycles. The van der Waals surface area contributed by atoms with Gasteiger partial charge in [0, 0.05) is 13.2 Å². The summed E-state index contributed by atoms with van der Waals surface area (Å²) in [7, 11) is -1.71. The van der Waals surface area contributed by atoms with Gasteiger partial charge in [0.05, 0.1) is 6.10 Å². The van der Waals surface area contributed by atoms with Gasteiger partial charge < -0.3 is 14.6 Å². The highest BCUT2D eigenvalue weighted by atomic mass is 28.4. The predicted molar refractivity (Wildman–Crippen MR) is 88.4 cm³/mol. The fourth-order valence-electron chi connectivity index (χ4n) is 1.78. The van der Waals surface area contributed by atoms with Gasteiger partial charge in [0.1, 0.15) is 0 Å². The Morgan fingerprint density at radius 1 is 1.25 bits per heavy atom. The number of aliphatic hydroxyl groups excluding tert-OH is 2. The predicted octanol–water partition coefficient (Wildman–Crippen LogP) is 3.72. The molecule has 120 valence electrons. The summed E-state index contributed by atoms with van der Waals surface area (Å²) in [6, 6.07) is 0. The Morgan fingerprint density at radius 3 is 2.20 bits per heavy atom. The van der Waals surface area contributed by atoms with Crippen molar-refractivity contribution in [3.05, 3.63) is 11.6 Å². The van der Waals surface area contributed by atoms with Crippen LogP contribution in [0.25, 0.3) is 0 Å². The first-order chi connectivity index (χ1) is 8.99. The van der Waals surface area contributed by atoms with Crippen molar-refractivity contribution < 1.29 is 14.6 Å². The quantitative estimate of drug-likeness (QED) is 0.530. The molecule has 3 nitrogen and oxygen atoms in total. The van der Waals surface area contributed by atoms with Gasteiger partial charge in [-0.3, -0.25) is 0 Å². The maximum atomic E-state index is 9.89. The lowest BCUT2D eigenvalue weighted by molar-refractivity contribution is 0.127. The lowest BCUT2D eigenvalue weighted by Gasteiger charge is -2.36. The number of hydrogen-bond acceptors (Lipinski definition) is 3. The molecule has 0 aromatic heterocycles. The molecule has 1 unspecified atom stereocenters. The molecule has 0 saturated heterocycles. The Bertz CT molecular complexity index is 301. The molecule has 0 radical (unpaired) electrons. The molecule has 0 amide bonds. The van der Waals surface area contributed by atoms with E-state index in [1.165, 1.54) is 0 Å². The van der Waals surface area contributed by atoms with Gasteiger partial charge in [-0.15, -0.1) is 0 Å². The van der Waals surface area contributed by atoms with Crippen LogP contribution < -0.4 is 0 Å². The van der Waals surface area contributed by atoms with Crippen LogP contribution in [0, 0.1) is 5.92 Å². The highest BCUT2D eigenvalue weighted by molar-refractivity contribution is 6.74. The van der Waals surface area contributed by atoms with Gasteiger partial charge in [-0.2, -0.15) is 0 Å². The van der Waals surface area contributed by atoms with Crippen LogP contribution in [-0.4, -0.2) is 37.8 Å². The highest BCUT2D eigenvalue weighted by Crippen LogP contribution is 2.36. The average Bonchev–Trinajstić information content (AvgIpc) is 2.24. The summed E-state index contributed by atoms with van der Waals surface area (Å²) in [4.78, 5) is 0. The summed E-state index contributed by atoms with van der Waals surface area (Å²) in [6.07, 6.45) is 2.78. The Kier molecular flexibility index (Phi) is 8.25. The molecule has 0 saturated carbocycles. The Morgan fingerprint density at radius 2 is 1.80 bits per heavy atom. The molecule has 0 fully saturated rings. The van der Waals surface area contributed by atoms with Gasteiger partial charge in [0.2, 0.25) is 0 Å². The molecule has 4 heteroatoms. The zero-order valence-corrected chi connectivity index (χ0v) is 15.4. The monoisotopic (exact) mass is 302 g/mol. The summed E-state index contributed by atoms with van der Waals surface area (Å²) in [5.74, 6) is 0.102. The largest absolute Gasteiger partial charge is 0.417 e. The fraction of sp³-hybridized carbons (Fsp3) is 0.875. The first kappa shape index (κ1) is 19.8. The van der Waals surface area contributed by atoms with Crippen molar-refractivity contribution in [1.82, 2.24) is 0 Å². The van der Waals surface area contributed by atoms with Gasteiger partial charge in [0.25, 0.3) is 0 Å². The highest BCUT2D eigenvalue weighted by Gasteiger charge is 2.37. The topological polar surface area (TPSA) is 49.7 Å². The SMILES string of the molecule is CC(C)=C[C@H](O)CC(CO)CCO[Si](C)(C)C(C)(C)C. The third-order valence-electron chi connectivity index (χ3n) is 4.15. The molecule has 0 bridgehead atoms. The number of hydrogen-bond donors (Lipinski definition) is 2. The normalized spacial score (nSPS) is 15.8. The summed E-state index contributed by atoms with van der Waals surface area (Å²) in [5.41, 5.74) is 1.10. The first-order valence-electron chi connectivity index (χ1n) is 7.57. The second-order valence-corrected chi connectivity index (χ2v) is 12.3. The molecular weight excluding hydrogens is 268 g/mol. The Balaban J connectivity index is 4.24. The van der Waals surface area contributed by atoms with Crippen molar-refractivity contribution >= 4 is 8.32 Å². The lowest BCUT2D eigenvalue weighted by Crippen LogP contribution is -2.41. The minimum Gasteiger partial charge on any atom is -0.417 e. The van der Waals surface area contributed by atoms with Gasteiger partial charge in [-0.25, -0.2) is 0 Å². The molecule has 0 rings (SSSR count). The van der Waals surface area contributed by atoms with E-state index in [1.54, 1.807) is 0 Å². The van der Waals surface area contributed by atoms with Crippen LogP contribution in [0.2, 0.25) is 18.1 Å². The third-order valence-corrected chi connectivity index (χ3v) is 8.69. The Hall–Kier alpha value is -0.163. The zero-order chi connectivity index (χ0) is 16.0. The third kappa shape index (κ3) is 7.57. The zero-order valence-electron chi connectivity index (χ0n) is 14.4. The average molecular weight is 303 g/mol. The maximum absolute atomic E-state index is 9.89. The van der Waals surface area contributed by atoms with Crippen molar-refractivity contribution in [3.8, 4) is 0 Å². The van der Waals surface area contributed by atoms with E-state index in [2.05, 4.69) is 33.9 Å². The van der Waals surface area contributed by atoms with Gasteiger partial charge in [-0.05, 0) is 50.7 Å². The van der Waals surface area contributed by atoms with Gasteiger partial charge in [-0.1, -0.05) is 32.4 Å². The van der Waals surface area contributed by atoms with Crippen molar-refractivity contribution in [1.29, 1.82) is 0 Å². The molecule has 20 heavy (non-hydrogen) atoms. The van der Waals surface area contributed by atoms with Crippen LogP contribution in [0.3, 0.4) is 0 Å². The van der Waals surface area contributed by atoms with E-state index in [9.17, 15) is 10.2 Å². The molecule has 0 aromatic carbocycles. The summed E-state index contributed by atoms with van der Waals surface area (Å²) >= 11 is 0. The van der Waals surface area contributed by atoms with Crippen LogP contribution in [0.15, 0.2) is 11.6 Å². The molecule has 0 heterocycles. The molecule has 0 aliphatic heterocycles. The smallest absolute Gasteiger partial charge is 0.191 e. The Labute approximate surface area is 126 Å². The molecule has 0 aromatic rings. The number of rotatable bonds is 8. The van der Waals surface area contributed by atoms with E-state index >= 15 is 0 Å². The van der Waals surface area contributed by atoms with Crippen LogP contribution in [0.1, 0.15) is 47.5 Å². The molecule has 0 aliphatic rings. The summed E-state index contributed by atoms with van der Waals surface area (Å²) in [5, 5.41) is 19.5. The van der Waals surface area contributed by atoms with E-state index in [0.717, 1.165) is 12.0 Å². The van der Waals surface area contributed by atoms with Gasteiger partial charge >= 0.3 is 0 Å². The van der Waals surface area contributed by atoms with Crippen LogP contribution in [0.4, 0.5) is 0 Å². The number of allylic oxidation sites excluding steroid dienone is 1. The van der Waals surface area contributed by atoms with E-state index in [0.29, 0.717) is 13.0 Å². The molecular formula is C16H34O3Si. The second kappa shape index (κ2) is 8.32. The second-order valence-electron chi connectivity index (χ2n) is 7.49. The number of aliphatic hydroxyl groups is 2. The molecule has 0 spiro atoms. The van der Waals surface area contributed by atoms with Gasteiger partial charge in [0.15, 0.2) is 8.32 Å². The van der Waals surface area contributed by atoms with Crippen LogP contribution in [-0.2, 0) is 4.43 Å². The summed E-state index contributed by atoms with van der Waals surface area (Å²) in [6.45, 7) is 15.9. The van der Waals surface area contributed by atoms with Crippen LogP contribution in [0.5, 0.6) is 0 Å². The van der Waals surface area contributed by atoms with Crippen molar-refractivity contribution in [2.75, 3.05) is 13.2 Å². The van der Waals surface area contributed by atoms with Crippen molar-refractivity contribution in [3.63, 3.8) is 0 Å². The summed E-state index contributed by atoms with van der Waals surface area (Å²) < 4.78 is 6.12.